The van der Waals surface area contributed by atoms with Crippen LogP contribution in [0.1, 0.15) is 0 Å². The van der Waals surface area contributed by atoms with Crippen molar-refractivity contribution >= 4 is 26.5 Å². The van der Waals surface area contributed by atoms with Gasteiger partial charge in [0.1, 0.15) is 36.6 Å². The van der Waals surface area contributed by atoms with Crippen molar-refractivity contribution in [2.45, 2.75) is 54.1 Å². The third kappa shape index (κ3) is 5.91. The molecule has 0 saturated carbocycles. The molecule has 0 bridgehead atoms. The SMILES string of the molecule is [N-]=[N+]=Nc1cccc2c(S(=O)(=O)NCCO[C@H]3O[C@H](CO[C@H]4O[C@H](CO)[C@@H](O)[C@@H]4O)[C@@H](O)[C@@H]3O)cccc12. The highest BCUT2D eigenvalue weighted by atomic mass is 32.2. The molecule has 2 saturated heterocycles. The van der Waals surface area contributed by atoms with Gasteiger partial charge in [-0.25, -0.2) is 13.1 Å². The van der Waals surface area contributed by atoms with Gasteiger partial charge in [0.25, 0.3) is 0 Å². The summed E-state index contributed by atoms with van der Waals surface area (Å²) in [7, 11) is -4.00. The molecule has 0 radical (unpaired) electrons. The van der Waals surface area contributed by atoms with Gasteiger partial charge in [0.15, 0.2) is 12.6 Å². The van der Waals surface area contributed by atoms with Gasteiger partial charge in [0, 0.05) is 22.5 Å². The second kappa shape index (κ2) is 12.2. The lowest BCUT2D eigenvalue weighted by Gasteiger charge is -2.20. The maximum absolute atomic E-state index is 12.9. The van der Waals surface area contributed by atoms with Crippen LogP contribution in [0.2, 0.25) is 0 Å². The van der Waals surface area contributed by atoms with Crippen LogP contribution in [0.3, 0.4) is 0 Å². The van der Waals surface area contributed by atoms with Gasteiger partial charge in [0.2, 0.25) is 10.0 Å². The minimum atomic E-state index is -4.00. The van der Waals surface area contributed by atoms with Gasteiger partial charge in [-0.3, -0.25) is 0 Å². The first-order valence-corrected chi connectivity index (χ1v) is 13.1. The number of benzene rings is 2. The monoisotopic (exact) mass is 556 g/mol. The van der Waals surface area contributed by atoms with Crippen LogP contribution in [0.4, 0.5) is 5.69 Å². The lowest BCUT2D eigenvalue weighted by Crippen LogP contribution is -2.38. The van der Waals surface area contributed by atoms with E-state index in [-0.39, 0.29) is 30.3 Å². The van der Waals surface area contributed by atoms with E-state index in [2.05, 4.69) is 14.7 Å². The first-order valence-electron chi connectivity index (χ1n) is 11.6. The number of aliphatic hydroxyl groups excluding tert-OH is 5. The van der Waals surface area contributed by atoms with E-state index >= 15 is 0 Å². The minimum Gasteiger partial charge on any atom is -0.394 e. The number of hydrogen-bond acceptors (Lipinski definition) is 12. The highest BCUT2D eigenvalue weighted by Crippen LogP contribution is 2.31. The predicted octanol–water partition coefficient (Wildman–Crippen LogP) is -1.02. The summed E-state index contributed by atoms with van der Waals surface area (Å²) in [6, 6.07) is 9.30. The van der Waals surface area contributed by atoms with E-state index in [0.717, 1.165) is 0 Å². The fourth-order valence-electron chi connectivity index (χ4n) is 4.25. The van der Waals surface area contributed by atoms with Crippen molar-refractivity contribution in [1.29, 1.82) is 0 Å². The van der Waals surface area contributed by atoms with E-state index in [0.29, 0.717) is 10.8 Å². The molecule has 0 amide bonds. The molecule has 0 unspecified atom stereocenters. The molecule has 4 rings (SSSR count). The summed E-state index contributed by atoms with van der Waals surface area (Å²) in [4.78, 5) is 2.73. The van der Waals surface area contributed by atoms with Crippen LogP contribution in [0.25, 0.3) is 21.2 Å². The Bertz CT molecular complexity index is 1280. The molecule has 0 aliphatic carbocycles. The topological polar surface area (TPSA) is 233 Å². The molecule has 2 aliphatic rings. The second-order valence-electron chi connectivity index (χ2n) is 8.65. The Hall–Kier alpha value is -2.44. The minimum absolute atomic E-state index is 0.0281. The van der Waals surface area contributed by atoms with E-state index in [1.165, 1.54) is 12.1 Å². The molecular formula is C22H28N4O11S. The number of azide groups is 1. The van der Waals surface area contributed by atoms with Crippen molar-refractivity contribution in [3.05, 3.63) is 46.8 Å². The normalized spacial score (nSPS) is 31.5. The van der Waals surface area contributed by atoms with Crippen molar-refractivity contribution < 1.29 is 52.9 Å². The summed E-state index contributed by atoms with van der Waals surface area (Å²) < 4.78 is 49.6. The standard InChI is InChI=1S/C22H28N4O11S/c23-26-25-13-5-1-4-12-11(13)3-2-6-16(12)38(32,33)24-7-8-34-21-20(31)18(29)15(37-21)10-35-22-19(30)17(28)14(9-27)36-22/h1-6,14-15,17-22,24,27-31H,7-10H2/t14-,15-,17-,18-,19+,20+,21+,22+/m1/s1. The molecule has 0 spiro atoms. The Kier molecular flexibility index (Phi) is 9.15. The highest BCUT2D eigenvalue weighted by Gasteiger charge is 2.46. The average Bonchev–Trinajstić information content (AvgIpc) is 3.34. The van der Waals surface area contributed by atoms with Crippen LogP contribution in [0, 0.1) is 0 Å². The zero-order chi connectivity index (χ0) is 27.4. The number of sulfonamides is 1. The number of hydrogen-bond donors (Lipinski definition) is 6. The van der Waals surface area contributed by atoms with Gasteiger partial charge >= 0.3 is 0 Å². The molecule has 2 heterocycles. The van der Waals surface area contributed by atoms with Crippen molar-refractivity contribution in [3.8, 4) is 0 Å². The van der Waals surface area contributed by atoms with E-state index in [1.807, 2.05) is 0 Å². The third-order valence-electron chi connectivity index (χ3n) is 6.22. The maximum atomic E-state index is 12.9. The van der Waals surface area contributed by atoms with Crippen LogP contribution < -0.4 is 4.72 Å². The van der Waals surface area contributed by atoms with Gasteiger partial charge in [-0.1, -0.05) is 35.4 Å². The molecule has 0 aromatic heterocycles. The zero-order valence-electron chi connectivity index (χ0n) is 19.8. The second-order valence-corrected chi connectivity index (χ2v) is 10.4. The lowest BCUT2D eigenvalue weighted by atomic mass is 10.1. The summed E-state index contributed by atoms with van der Waals surface area (Å²) >= 11 is 0. The van der Waals surface area contributed by atoms with Crippen molar-refractivity contribution in [2.24, 2.45) is 5.11 Å². The van der Waals surface area contributed by atoms with Crippen molar-refractivity contribution in [1.82, 2.24) is 4.72 Å². The third-order valence-corrected chi connectivity index (χ3v) is 7.74. The van der Waals surface area contributed by atoms with E-state index in [9.17, 15) is 28.8 Å². The lowest BCUT2D eigenvalue weighted by molar-refractivity contribution is -0.205. The number of fused-ring (bicyclic) bond motifs is 1. The number of ether oxygens (including phenoxy) is 4. The molecule has 8 atom stereocenters. The van der Waals surface area contributed by atoms with E-state index < -0.39 is 65.8 Å². The Labute approximate surface area is 216 Å². The fourth-order valence-corrected chi connectivity index (χ4v) is 5.48. The smallest absolute Gasteiger partial charge is 0.241 e. The highest BCUT2D eigenvalue weighted by molar-refractivity contribution is 7.89. The van der Waals surface area contributed by atoms with Gasteiger partial charge in [-0.05, 0) is 17.0 Å². The van der Waals surface area contributed by atoms with E-state index in [4.69, 9.17) is 29.6 Å². The number of nitrogens with one attached hydrogen (secondary N) is 1. The summed E-state index contributed by atoms with van der Waals surface area (Å²) in [5.74, 6) is 0. The van der Waals surface area contributed by atoms with Crippen molar-refractivity contribution in [3.63, 3.8) is 0 Å². The number of nitrogens with zero attached hydrogens (tertiary/aromatic N) is 3. The average molecular weight is 557 g/mol. The van der Waals surface area contributed by atoms with Crippen LogP contribution in [-0.4, -0.2) is 110 Å². The summed E-state index contributed by atoms with van der Waals surface area (Å²) in [6.07, 6.45) is -10.4. The molecule has 2 aromatic carbocycles. The van der Waals surface area contributed by atoms with Gasteiger partial charge in [0.05, 0.1) is 24.7 Å². The molecule has 2 fully saturated rings. The van der Waals surface area contributed by atoms with Crippen molar-refractivity contribution in [2.75, 3.05) is 26.4 Å². The molecule has 6 N–H and O–H groups in total. The summed E-state index contributed by atoms with van der Waals surface area (Å²) in [5, 5.41) is 53.7. The maximum Gasteiger partial charge on any atom is 0.241 e. The van der Waals surface area contributed by atoms with Crippen LogP contribution in [-0.2, 0) is 29.0 Å². The number of rotatable bonds is 11. The molecule has 2 aliphatic heterocycles. The Morgan fingerprint density at radius 2 is 1.55 bits per heavy atom. The Morgan fingerprint density at radius 3 is 2.24 bits per heavy atom. The van der Waals surface area contributed by atoms with Gasteiger partial charge in [-0.2, -0.15) is 0 Å². The molecule has 208 valence electrons. The molecule has 16 heteroatoms. The fraction of sp³-hybridized carbons (Fsp3) is 0.545. The molecular weight excluding hydrogens is 528 g/mol. The Balaban J connectivity index is 1.30. The zero-order valence-corrected chi connectivity index (χ0v) is 20.7. The summed E-state index contributed by atoms with van der Waals surface area (Å²) in [6.45, 7) is -1.28. The Morgan fingerprint density at radius 1 is 0.921 bits per heavy atom. The first-order chi connectivity index (χ1) is 18.2. The predicted molar refractivity (Wildman–Crippen MR) is 128 cm³/mol. The summed E-state index contributed by atoms with van der Waals surface area (Å²) in [5.41, 5.74) is 9.03. The quantitative estimate of drug-likeness (QED) is 0.0848. The molecule has 2 aromatic rings. The number of aliphatic hydroxyl groups is 5. The first kappa shape index (κ1) is 28.6. The van der Waals surface area contributed by atoms with Gasteiger partial charge in [-0.15, -0.1) is 0 Å². The van der Waals surface area contributed by atoms with Gasteiger partial charge < -0.3 is 44.5 Å². The van der Waals surface area contributed by atoms with Crippen LogP contribution in [0.5, 0.6) is 0 Å². The van der Waals surface area contributed by atoms with Crippen LogP contribution in [0.15, 0.2) is 46.4 Å². The molecule has 15 nitrogen and oxygen atoms in total. The van der Waals surface area contributed by atoms with E-state index in [1.54, 1.807) is 24.3 Å². The largest absolute Gasteiger partial charge is 0.394 e. The molecule has 38 heavy (non-hydrogen) atoms. The van der Waals surface area contributed by atoms with Crippen LogP contribution >= 0.6 is 0 Å².